The zero-order chi connectivity index (χ0) is 24.2. The van der Waals surface area contributed by atoms with Crippen LogP contribution in [0.1, 0.15) is 26.3 Å². The molecule has 0 radical (unpaired) electrons. The van der Waals surface area contributed by atoms with E-state index in [9.17, 15) is 8.42 Å². The summed E-state index contributed by atoms with van der Waals surface area (Å²) in [5.41, 5.74) is 1.43. The van der Waals surface area contributed by atoms with E-state index in [1.54, 1.807) is 71.5 Å². The standard InChI is InChI=1S/C23H29N5O4S/c1-15-14-24-22(26-18-11-8-12-19(31-5)20(18)32-6)27-21(15)25-16-9-7-10-17(13-16)33(29,30)28-23(2,3)4/h7-14,28H,1-6H3,(H2,24,25,26,27). The van der Waals surface area contributed by atoms with Gasteiger partial charge in [0.25, 0.3) is 0 Å². The molecule has 0 amide bonds. The minimum Gasteiger partial charge on any atom is -0.493 e. The average molecular weight is 472 g/mol. The monoisotopic (exact) mass is 471 g/mol. The Bertz CT molecular complexity index is 1240. The molecule has 1 heterocycles. The number of sulfonamides is 1. The van der Waals surface area contributed by atoms with Crippen LogP contribution in [0.3, 0.4) is 0 Å². The molecule has 176 valence electrons. The van der Waals surface area contributed by atoms with E-state index in [0.29, 0.717) is 34.6 Å². The molecule has 0 saturated carbocycles. The summed E-state index contributed by atoms with van der Waals surface area (Å²) in [6, 6.07) is 12.0. The molecule has 0 aliphatic rings. The number of nitrogens with zero attached hydrogens (tertiary/aromatic N) is 2. The van der Waals surface area contributed by atoms with E-state index in [1.165, 1.54) is 0 Å². The first-order valence-corrected chi connectivity index (χ1v) is 11.7. The van der Waals surface area contributed by atoms with E-state index >= 15 is 0 Å². The average Bonchev–Trinajstić information content (AvgIpc) is 2.74. The van der Waals surface area contributed by atoms with E-state index in [2.05, 4.69) is 25.3 Å². The summed E-state index contributed by atoms with van der Waals surface area (Å²) >= 11 is 0. The molecule has 33 heavy (non-hydrogen) atoms. The van der Waals surface area contributed by atoms with E-state index < -0.39 is 15.6 Å². The minimum atomic E-state index is -3.67. The molecule has 3 rings (SSSR count). The molecule has 1 aromatic heterocycles. The van der Waals surface area contributed by atoms with Gasteiger partial charge in [-0.25, -0.2) is 18.1 Å². The highest BCUT2D eigenvalue weighted by atomic mass is 32.2. The third kappa shape index (κ3) is 6.11. The number of para-hydroxylation sites is 1. The number of ether oxygens (including phenoxy) is 2. The zero-order valence-electron chi connectivity index (χ0n) is 19.6. The lowest BCUT2D eigenvalue weighted by atomic mass is 10.1. The van der Waals surface area contributed by atoms with Gasteiger partial charge in [-0.15, -0.1) is 0 Å². The maximum Gasteiger partial charge on any atom is 0.241 e. The van der Waals surface area contributed by atoms with Crippen molar-refractivity contribution >= 4 is 33.2 Å². The number of nitrogens with one attached hydrogen (secondary N) is 3. The van der Waals surface area contributed by atoms with Crippen molar-refractivity contribution in [3.05, 3.63) is 54.2 Å². The van der Waals surface area contributed by atoms with Crippen molar-refractivity contribution in [1.82, 2.24) is 14.7 Å². The predicted octanol–water partition coefficient (Wildman–Crippen LogP) is 4.37. The first-order chi connectivity index (χ1) is 15.5. The summed E-state index contributed by atoms with van der Waals surface area (Å²) in [5.74, 6) is 1.98. The second kappa shape index (κ2) is 9.63. The normalized spacial score (nSPS) is 11.7. The largest absolute Gasteiger partial charge is 0.493 e. The van der Waals surface area contributed by atoms with Gasteiger partial charge in [-0.2, -0.15) is 4.98 Å². The molecule has 0 unspecified atom stereocenters. The molecule has 0 aliphatic heterocycles. The van der Waals surface area contributed by atoms with Crippen LogP contribution in [0.2, 0.25) is 0 Å². The Morgan fingerprint density at radius 2 is 1.70 bits per heavy atom. The number of rotatable bonds is 8. The fraction of sp³-hybridized carbons (Fsp3) is 0.304. The van der Waals surface area contributed by atoms with Crippen molar-refractivity contribution in [2.24, 2.45) is 0 Å². The van der Waals surface area contributed by atoms with Crippen molar-refractivity contribution in [2.45, 2.75) is 38.1 Å². The fourth-order valence-corrected chi connectivity index (χ4v) is 4.54. The Morgan fingerprint density at radius 1 is 0.970 bits per heavy atom. The van der Waals surface area contributed by atoms with Gasteiger partial charge in [-0.05, 0) is 58.0 Å². The van der Waals surface area contributed by atoms with Crippen LogP contribution in [-0.2, 0) is 10.0 Å². The van der Waals surface area contributed by atoms with Crippen LogP contribution in [0, 0.1) is 6.92 Å². The lowest BCUT2D eigenvalue weighted by Gasteiger charge is -2.20. The number of hydrogen-bond acceptors (Lipinski definition) is 8. The van der Waals surface area contributed by atoms with Crippen molar-refractivity contribution < 1.29 is 17.9 Å². The number of aryl methyl sites for hydroxylation is 1. The van der Waals surface area contributed by atoms with Gasteiger partial charge in [0.1, 0.15) is 5.82 Å². The lowest BCUT2D eigenvalue weighted by molar-refractivity contribution is 0.356. The highest BCUT2D eigenvalue weighted by molar-refractivity contribution is 7.89. The van der Waals surface area contributed by atoms with Crippen LogP contribution < -0.4 is 24.8 Å². The maximum absolute atomic E-state index is 12.7. The Hall–Kier alpha value is -3.37. The summed E-state index contributed by atoms with van der Waals surface area (Å²) in [5, 5.41) is 6.33. The first-order valence-electron chi connectivity index (χ1n) is 10.2. The Labute approximate surface area is 194 Å². The quantitative estimate of drug-likeness (QED) is 0.444. The van der Waals surface area contributed by atoms with Crippen LogP contribution >= 0.6 is 0 Å². The second-order valence-electron chi connectivity index (χ2n) is 8.40. The molecule has 0 saturated heterocycles. The van der Waals surface area contributed by atoms with Crippen LogP contribution in [0.15, 0.2) is 53.6 Å². The Morgan fingerprint density at radius 3 is 2.36 bits per heavy atom. The third-order valence-corrected chi connectivity index (χ3v) is 6.22. The second-order valence-corrected chi connectivity index (χ2v) is 10.1. The SMILES string of the molecule is COc1cccc(Nc2ncc(C)c(Nc3cccc(S(=O)(=O)NC(C)(C)C)c3)n2)c1OC. The van der Waals surface area contributed by atoms with E-state index in [0.717, 1.165) is 5.56 Å². The fourth-order valence-electron chi connectivity index (χ4n) is 3.07. The highest BCUT2D eigenvalue weighted by Crippen LogP contribution is 2.36. The predicted molar refractivity (Wildman–Crippen MR) is 129 cm³/mol. The van der Waals surface area contributed by atoms with Crippen LogP contribution in [0.4, 0.5) is 23.1 Å². The molecule has 0 fully saturated rings. The molecule has 2 aromatic carbocycles. The van der Waals surface area contributed by atoms with Gasteiger partial charge in [0, 0.05) is 23.0 Å². The summed E-state index contributed by atoms with van der Waals surface area (Å²) in [6.45, 7) is 7.24. The minimum absolute atomic E-state index is 0.161. The molecule has 10 heteroatoms. The number of aromatic nitrogens is 2. The third-order valence-electron chi connectivity index (χ3n) is 4.47. The summed E-state index contributed by atoms with van der Waals surface area (Å²) in [6.07, 6.45) is 1.67. The first kappa shape index (κ1) is 24.3. The van der Waals surface area contributed by atoms with Crippen molar-refractivity contribution in [1.29, 1.82) is 0 Å². The van der Waals surface area contributed by atoms with Crippen LogP contribution in [0.5, 0.6) is 11.5 Å². The highest BCUT2D eigenvalue weighted by Gasteiger charge is 2.22. The molecular weight excluding hydrogens is 442 g/mol. The molecule has 3 aromatic rings. The summed E-state index contributed by atoms with van der Waals surface area (Å²) in [4.78, 5) is 9.05. The van der Waals surface area contributed by atoms with Crippen LogP contribution in [0.25, 0.3) is 0 Å². The molecule has 0 aliphatic carbocycles. The zero-order valence-corrected chi connectivity index (χ0v) is 20.4. The Balaban J connectivity index is 1.88. The van der Waals surface area contributed by atoms with Gasteiger partial charge in [-0.1, -0.05) is 12.1 Å². The lowest BCUT2D eigenvalue weighted by Crippen LogP contribution is -2.40. The van der Waals surface area contributed by atoms with Gasteiger partial charge in [0.2, 0.25) is 16.0 Å². The smallest absolute Gasteiger partial charge is 0.241 e. The number of hydrogen-bond donors (Lipinski definition) is 3. The summed E-state index contributed by atoms with van der Waals surface area (Å²) < 4.78 is 38.8. The molecule has 0 bridgehead atoms. The van der Waals surface area contributed by atoms with Gasteiger partial charge in [-0.3, -0.25) is 0 Å². The van der Waals surface area contributed by atoms with E-state index in [4.69, 9.17) is 9.47 Å². The Kier molecular flexibility index (Phi) is 7.09. The van der Waals surface area contributed by atoms with Crippen molar-refractivity contribution in [3.63, 3.8) is 0 Å². The number of benzene rings is 2. The van der Waals surface area contributed by atoms with Crippen molar-refractivity contribution in [3.8, 4) is 11.5 Å². The van der Waals surface area contributed by atoms with Crippen molar-refractivity contribution in [2.75, 3.05) is 24.9 Å². The summed E-state index contributed by atoms with van der Waals surface area (Å²) in [7, 11) is -0.543. The topological polar surface area (TPSA) is 114 Å². The van der Waals surface area contributed by atoms with Gasteiger partial charge in [0.15, 0.2) is 11.5 Å². The molecule has 0 spiro atoms. The molecule has 3 N–H and O–H groups in total. The van der Waals surface area contributed by atoms with Gasteiger partial charge in [0.05, 0.1) is 24.8 Å². The number of methoxy groups -OCH3 is 2. The van der Waals surface area contributed by atoms with E-state index in [1.807, 2.05) is 19.1 Å². The van der Waals surface area contributed by atoms with Crippen LogP contribution in [-0.4, -0.2) is 38.1 Å². The van der Waals surface area contributed by atoms with Gasteiger partial charge >= 0.3 is 0 Å². The molecule has 9 nitrogen and oxygen atoms in total. The molecule has 0 atom stereocenters. The number of anilines is 4. The molecular formula is C23H29N5O4S. The maximum atomic E-state index is 12.7. The van der Waals surface area contributed by atoms with E-state index in [-0.39, 0.29) is 4.90 Å². The van der Waals surface area contributed by atoms with Gasteiger partial charge < -0.3 is 20.1 Å².